The van der Waals surface area contributed by atoms with Gasteiger partial charge in [0.1, 0.15) is 0 Å². The molecule has 0 bridgehead atoms. The zero-order valence-corrected chi connectivity index (χ0v) is 18.9. The molecule has 2 aromatic carbocycles. The van der Waals surface area contributed by atoms with Gasteiger partial charge in [0, 0.05) is 15.0 Å². The minimum atomic E-state index is -4.70. The number of hydrogen-bond donors (Lipinski definition) is 2. The van der Waals surface area contributed by atoms with Crippen molar-refractivity contribution in [3.8, 4) is 0 Å². The van der Waals surface area contributed by atoms with E-state index in [2.05, 4.69) is 36.6 Å². The van der Waals surface area contributed by atoms with Crippen molar-refractivity contribution < 1.29 is 31.5 Å². The minimum Gasteiger partial charge on any atom is -0.481 e. The molecule has 11 heteroatoms. The van der Waals surface area contributed by atoms with Gasteiger partial charge in [-0.3, -0.25) is 4.79 Å². The zero-order chi connectivity index (χ0) is 22.0. The average Bonchev–Trinajstić information content (AvgIpc) is 2.59. The number of aliphatic carboxylic acids is 1. The van der Waals surface area contributed by atoms with Gasteiger partial charge in [0.25, 0.3) is 0 Å². The van der Waals surface area contributed by atoms with E-state index in [4.69, 9.17) is 0 Å². The first-order valence-corrected chi connectivity index (χ1v) is 11.2. The molecule has 0 amide bonds. The van der Waals surface area contributed by atoms with E-state index in [1.165, 1.54) is 6.92 Å². The molecule has 0 fully saturated rings. The maximum absolute atomic E-state index is 12.9. The Kier molecular flexibility index (Phi) is 7.52. The molecule has 5 nitrogen and oxygen atoms in total. The van der Waals surface area contributed by atoms with Gasteiger partial charge < -0.3 is 5.11 Å². The Labute approximate surface area is 182 Å². The Morgan fingerprint density at radius 3 is 2.38 bits per heavy atom. The molecule has 2 atom stereocenters. The number of benzene rings is 2. The molecular weight excluding hydrogens is 543 g/mol. The number of carboxylic acid groups (broad SMARTS) is 1. The Hall–Kier alpha value is -1.43. The van der Waals surface area contributed by atoms with E-state index < -0.39 is 44.6 Å². The molecule has 0 aliphatic carbocycles. The normalized spacial score (nSPS) is 14.4. The van der Waals surface area contributed by atoms with Crippen LogP contribution < -0.4 is 4.72 Å². The molecule has 0 heterocycles. The summed E-state index contributed by atoms with van der Waals surface area (Å²) in [4.78, 5) is 11.1. The quantitative estimate of drug-likeness (QED) is 0.509. The van der Waals surface area contributed by atoms with Crippen molar-refractivity contribution in [1.29, 1.82) is 0 Å². The summed E-state index contributed by atoms with van der Waals surface area (Å²) in [6.07, 6.45) is -4.69. The minimum absolute atomic E-state index is 0.00940. The molecule has 0 aliphatic heterocycles. The summed E-state index contributed by atoms with van der Waals surface area (Å²) in [7, 11) is -4.36. The highest BCUT2D eigenvalue weighted by Gasteiger charge is 2.33. The number of carbonyl (C=O) groups is 1. The highest BCUT2D eigenvalue weighted by atomic mass is 79.9. The van der Waals surface area contributed by atoms with E-state index in [0.717, 1.165) is 22.7 Å². The largest absolute Gasteiger partial charge is 0.481 e. The Balaban J connectivity index is 2.27. The third-order valence-corrected chi connectivity index (χ3v) is 6.98. The standard InChI is InChI=1S/C18H16Br2F3NO4S/c1-10(15(17(25)26)7-11-5-6-13(19)9-16(11)20)24-29(27,28)14-4-2-3-12(8-14)18(21,22)23/h2-6,8-10,15,24H,7H2,1H3,(H,25,26)/t10-,15-/m1/s1. The number of halogens is 5. The van der Waals surface area contributed by atoms with Gasteiger partial charge in [-0.05, 0) is 49.2 Å². The van der Waals surface area contributed by atoms with Crippen LogP contribution in [0.3, 0.4) is 0 Å². The van der Waals surface area contributed by atoms with Crippen molar-refractivity contribution in [2.45, 2.75) is 30.5 Å². The van der Waals surface area contributed by atoms with Crippen molar-refractivity contribution in [1.82, 2.24) is 4.72 Å². The van der Waals surface area contributed by atoms with Crippen LogP contribution in [-0.4, -0.2) is 25.5 Å². The van der Waals surface area contributed by atoms with E-state index in [-0.39, 0.29) is 6.42 Å². The summed E-state index contributed by atoms with van der Waals surface area (Å²) in [6, 6.07) is 7.33. The molecule has 2 rings (SSSR count). The molecule has 0 radical (unpaired) electrons. The molecule has 0 spiro atoms. The number of carboxylic acids is 1. The van der Waals surface area contributed by atoms with E-state index in [1.54, 1.807) is 18.2 Å². The van der Waals surface area contributed by atoms with Crippen LogP contribution in [0.5, 0.6) is 0 Å². The van der Waals surface area contributed by atoms with Crippen LogP contribution in [0, 0.1) is 5.92 Å². The number of hydrogen-bond acceptors (Lipinski definition) is 3. The van der Waals surface area contributed by atoms with Crippen LogP contribution >= 0.6 is 31.9 Å². The highest BCUT2D eigenvalue weighted by Crippen LogP contribution is 2.31. The maximum Gasteiger partial charge on any atom is 0.416 e. The Bertz CT molecular complexity index is 1010. The van der Waals surface area contributed by atoms with E-state index in [9.17, 15) is 31.5 Å². The molecular formula is C18H16Br2F3NO4S. The van der Waals surface area contributed by atoms with Gasteiger partial charge in [-0.1, -0.05) is 44.0 Å². The lowest BCUT2D eigenvalue weighted by atomic mass is 9.94. The number of nitrogens with one attached hydrogen (secondary N) is 1. The lowest BCUT2D eigenvalue weighted by Gasteiger charge is -2.22. The third kappa shape index (κ3) is 6.27. The van der Waals surface area contributed by atoms with Gasteiger partial charge in [0.2, 0.25) is 10.0 Å². The van der Waals surface area contributed by atoms with Gasteiger partial charge in [-0.2, -0.15) is 13.2 Å². The molecule has 2 aromatic rings. The van der Waals surface area contributed by atoms with E-state index >= 15 is 0 Å². The van der Waals surface area contributed by atoms with Gasteiger partial charge in [0.05, 0.1) is 16.4 Å². The monoisotopic (exact) mass is 557 g/mol. The number of sulfonamides is 1. The molecule has 158 valence electrons. The van der Waals surface area contributed by atoms with Gasteiger partial charge in [0.15, 0.2) is 0 Å². The number of rotatable bonds is 7. The summed E-state index contributed by atoms with van der Waals surface area (Å²) in [5.74, 6) is -2.38. The predicted octanol–water partition coefficient (Wildman–Crippen LogP) is 4.84. The fourth-order valence-corrected chi connectivity index (χ4v) is 5.18. The Morgan fingerprint density at radius 1 is 1.17 bits per heavy atom. The first-order valence-electron chi connectivity index (χ1n) is 8.17. The van der Waals surface area contributed by atoms with Crippen LogP contribution in [0.1, 0.15) is 18.1 Å². The van der Waals surface area contributed by atoms with Crippen LogP contribution in [0.25, 0.3) is 0 Å². The van der Waals surface area contributed by atoms with Crippen LogP contribution in [-0.2, 0) is 27.4 Å². The lowest BCUT2D eigenvalue weighted by Crippen LogP contribution is -2.42. The second-order valence-electron chi connectivity index (χ2n) is 6.32. The molecule has 29 heavy (non-hydrogen) atoms. The molecule has 0 unspecified atom stereocenters. The second-order valence-corrected chi connectivity index (χ2v) is 9.80. The molecule has 0 saturated heterocycles. The first-order chi connectivity index (χ1) is 13.3. The van der Waals surface area contributed by atoms with Crippen molar-refractivity contribution in [3.63, 3.8) is 0 Å². The smallest absolute Gasteiger partial charge is 0.416 e. The average molecular weight is 559 g/mol. The molecule has 0 aromatic heterocycles. The fraction of sp³-hybridized carbons (Fsp3) is 0.278. The molecule has 0 saturated carbocycles. The summed E-state index contributed by atoms with van der Waals surface area (Å²) in [6.45, 7) is 1.36. The van der Waals surface area contributed by atoms with Crippen molar-refractivity contribution in [2.75, 3.05) is 0 Å². The fourth-order valence-electron chi connectivity index (χ4n) is 2.64. The number of alkyl halides is 3. The summed E-state index contributed by atoms with van der Waals surface area (Å²) in [5.41, 5.74) is -0.465. The third-order valence-electron chi connectivity index (χ3n) is 4.19. The van der Waals surface area contributed by atoms with E-state index in [1.807, 2.05) is 0 Å². The van der Waals surface area contributed by atoms with Gasteiger partial charge in [-0.25, -0.2) is 13.1 Å². The van der Waals surface area contributed by atoms with Crippen molar-refractivity contribution in [2.24, 2.45) is 5.92 Å². The summed E-state index contributed by atoms with van der Waals surface area (Å²) in [5, 5.41) is 9.56. The molecule has 0 aliphatic rings. The predicted molar refractivity (Wildman–Crippen MR) is 108 cm³/mol. The van der Waals surface area contributed by atoms with Crippen molar-refractivity contribution >= 4 is 47.9 Å². The van der Waals surface area contributed by atoms with Gasteiger partial charge >= 0.3 is 12.1 Å². The van der Waals surface area contributed by atoms with Crippen LogP contribution in [0.15, 0.2) is 56.3 Å². The summed E-state index contributed by atoms with van der Waals surface area (Å²) >= 11 is 6.62. The maximum atomic E-state index is 12.9. The van der Waals surface area contributed by atoms with Crippen LogP contribution in [0.4, 0.5) is 13.2 Å². The molecule has 2 N–H and O–H groups in total. The summed E-state index contributed by atoms with van der Waals surface area (Å²) < 4.78 is 67.2. The topological polar surface area (TPSA) is 83.5 Å². The van der Waals surface area contributed by atoms with Gasteiger partial charge in [-0.15, -0.1) is 0 Å². The van der Waals surface area contributed by atoms with Crippen molar-refractivity contribution in [3.05, 3.63) is 62.5 Å². The van der Waals surface area contributed by atoms with Crippen LogP contribution in [0.2, 0.25) is 0 Å². The zero-order valence-electron chi connectivity index (χ0n) is 14.9. The lowest BCUT2D eigenvalue weighted by molar-refractivity contribution is -0.142. The second kappa shape index (κ2) is 9.15. The first kappa shape index (κ1) is 23.8. The Morgan fingerprint density at radius 2 is 1.83 bits per heavy atom. The van der Waals surface area contributed by atoms with E-state index in [0.29, 0.717) is 16.1 Å². The SMILES string of the molecule is C[C@@H](NS(=O)(=O)c1cccc(C(F)(F)F)c1)[C@@H](Cc1ccc(Br)cc1Br)C(=O)O. The highest BCUT2D eigenvalue weighted by molar-refractivity contribution is 9.11.